The Labute approximate surface area is 187 Å². The van der Waals surface area contributed by atoms with Gasteiger partial charge in [-0.15, -0.1) is 0 Å². The minimum atomic E-state index is -0.442. The molecule has 3 rings (SSSR count). The van der Waals surface area contributed by atoms with Crippen LogP contribution in [0, 0.1) is 18.3 Å². The summed E-state index contributed by atoms with van der Waals surface area (Å²) in [6.07, 6.45) is 3.03. The van der Waals surface area contributed by atoms with Gasteiger partial charge in [-0.1, -0.05) is 36.4 Å². The SMILES string of the molecule is COC(=O)c1ccc(C)c(-c2ccc(/C=C(/C#N)C(=O)NCCCc3ccccc3)o2)c1. The zero-order valence-electron chi connectivity index (χ0n) is 18.1. The summed E-state index contributed by atoms with van der Waals surface area (Å²) in [5.74, 6) is 0.0231. The minimum absolute atomic E-state index is 0.0364. The summed E-state index contributed by atoms with van der Waals surface area (Å²) in [4.78, 5) is 24.2. The van der Waals surface area contributed by atoms with Gasteiger partial charge in [0.15, 0.2) is 0 Å². The molecule has 0 aliphatic rings. The highest BCUT2D eigenvalue weighted by molar-refractivity contribution is 6.01. The van der Waals surface area contributed by atoms with Gasteiger partial charge in [-0.3, -0.25) is 4.79 Å². The number of aryl methyl sites for hydroxylation is 2. The first-order valence-electron chi connectivity index (χ1n) is 10.2. The van der Waals surface area contributed by atoms with E-state index in [0.717, 1.165) is 24.0 Å². The van der Waals surface area contributed by atoms with E-state index in [9.17, 15) is 14.9 Å². The number of nitrogens with zero attached hydrogens (tertiary/aromatic N) is 1. The fourth-order valence-corrected chi connectivity index (χ4v) is 3.23. The molecular formula is C26H24N2O4. The van der Waals surface area contributed by atoms with Gasteiger partial charge in [0.1, 0.15) is 23.2 Å². The Morgan fingerprint density at radius 2 is 1.91 bits per heavy atom. The lowest BCUT2D eigenvalue weighted by Gasteiger charge is -2.06. The van der Waals surface area contributed by atoms with E-state index < -0.39 is 11.9 Å². The second kappa shape index (κ2) is 10.8. The van der Waals surface area contributed by atoms with E-state index in [1.807, 2.05) is 49.4 Å². The van der Waals surface area contributed by atoms with Gasteiger partial charge in [-0.2, -0.15) is 5.26 Å². The van der Waals surface area contributed by atoms with Crippen molar-refractivity contribution in [2.24, 2.45) is 0 Å². The van der Waals surface area contributed by atoms with Crippen LogP contribution in [0.1, 0.15) is 33.7 Å². The first-order chi connectivity index (χ1) is 15.5. The Kier molecular flexibility index (Phi) is 7.60. The molecule has 0 unspecified atom stereocenters. The predicted molar refractivity (Wildman–Crippen MR) is 122 cm³/mol. The first-order valence-corrected chi connectivity index (χ1v) is 10.2. The van der Waals surface area contributed by atoms with Crippen molar-refractivity contribution < 1.29 is 18.7 Å². The van der Waals surface area contributed by atoms with Crippen molar-refractivity contribution in [3.63, 3.8) is 0 Å². The van der Waals surface area contributed by atoms with Crippen molar-refractivity contribution in [3.05, 3.63) is 88.7 Å². The number of furan rings is 1. The molecule has 3 aromatic rings. The molecule has 6 heteroatoms. The lowest BCUT2D eigenvalue weighted by atomic mass is 10.0. The predicted octanol–water partition coefficient (Wildman–Crippen LogP) is 4.70. The number of nitrogens with one attached hydrogen (secondary N) is 1. The molecule has 0 aliphatic heterocycles. The molecule has 0 saturated heterocycles. The van der Waals surface area contributed by atoms with E-state index in [1.54, 1.807) is 24.3 Å². The van der Waals surface area contributed by atoms with Crippen LogP contribution in [0.5, 0.6) is 0 Å². The van der Waals surface area contributed by atoms with Crippen LogP contribution in [0.2, 0.25) is 0 Å². The largest absolute Gasteiger partial charge is 0.465 e. The minimum Gasteiger partial charge on any atom is -0.465 e. The molecule has 0 radical (unpaired) electrons. The summed E-state index contributed by atoms with van der Waals surface area (Å²) in [5.41, 5.74) is 3.22. The molecule has 0 fully saturated rings. The standard InChI is InChI=1S/C26H24N2O4/c1-18-10-11-20(26(30)31-2)16-23(18)24-13-12-22(32-24)15-21(17-27)25(29)28-14-6-9-19-7-4-3-5-8-19/h3-5,7-8,10-13,15-16H,6,9,14H2,1-2H3,(H,28,29)/b21-15-. The van der Waals surface area contributed by atoms with Crippen LogP contribution in [0.15, 0.2) is 70.7 Å². The molecule has 2 aromatic carbocycles. The maximum atomic E-state index is 12.4. The van der Waals surface area contributed by atoms with Gasteiger partial charge in [0.2, 0.25) is 0 Å². The van der Waals surface area contributed by atoms with E-state index in [-0.39, 0.29) is 5.57 Å². The third-order valence-electron chi connectivity index (χ3n) is 4.97. The molecule has 0 aliphatic carbocycles. The lowest BCUT2D eigenvalue weighted by molar-refractivity contribution is -0.117. The second-order valence-electron chi connectivity index (χ2n) is 7.24. The Bertz CT molecular complexity index is 1170. The number of ether oxygens (including phenoxy) is 1. The van der Waals surface area contributed by atoms with Crippen LogP contribution in [0.4, 0.5) is 0 Å². The molecule has 0 saturated carbocycles. The smallest absolute Gasteiger partial charge is 0.337 e. The Balaban J connectivity index is 1.66. The van der Waals surface area contributed by atoms with E-state index in [1.165, 1.54) is 18.7 Å². The number of esters is 1. The molecule has 32 heavy (non-hydrogen) atoms. The summed E-state index contributed by atoms with van der Waals surface area (Å²) in [6.45, 7) is 2.37. The van der Waals surface area contributed by atoms with E-state index in [4.69, 9.17) is 9.15 Å². The molecule has 1 aromatic heterocycles. The summed E-state index contributed by atoms with van der Waals surface area (Å²) in [5, 5.41) is 12.2. The number of hydrogen-bond donors (Lipinski definition) is 1. The molecule has 1 heterocycles. The Morgan fingerprint density at radius 3 is 2.62 bits per heavy atom. The molecule has 6 nitrogen and oxygen atoms in total. The number of carbonyl (C=O) groups is 2. The summed E-state index contributed by atoms with van der Waals surface area (Å²) < 4.78 is 10.6. The average Bonchev–Trinajstić information content (AvgIpc) is 3.29. The Hall–Kier alpha value is -4.11. The van der Waals surface area contributed by atoms with Crippen molar-refractivity contribution in [2.75, 3.05) is 13.7 Å². The van der Waals surface area contributed by atoms with Crippen molar-refractivity contribution in [1.29, 1.82) is 5.26 Å². The van der Waals surface area contributed by atoms with E-state index >= 15 is 0 Å². The van der Waals surface area contributed by atoms with Crippen molar-refractivity contribution in [2.45, 2.75) is 19.8 Å². The van der Waals surface area contributed by atoms with E-state index in [0.29, 0.717) is 23.6 Å². The van der Waals surface area contributed by atoms with Crippen molar-refractivity contribution in [1.82, 2.24) is 5.32 Å². The summed E-state index contributed by atoms with van der Waals surface area (Å²) in [7, 11) is 1.33. The topological polar surface area (TPSA) is 92.3 Å². The monoisotopic (exact) mass is 428 g/mol. The summed E-state index contributed by atoms with van der Waals surface area (Å²) in [6, 6.07) is 20.5. The van der Waals surface area contributed by atoms with Gasteiger partial charge >= 0.3 is 5.97 Å². The number of nitriles is 1. The van der Waals surface area contributed by atoms with Crippen LogP contribution >= 0.6 is 0 Å². The van der Waals surface area contributed by atoms with Crippen LogP contribution in [0.3, 0.4) is 0 Å². The van der Waals surface area contributed by atoms with Gasteiger partial charge < -0.3 is 14.5 Å². The zero-order chi connectivity index (χ0) is 22.9. The number of hydrogen-bond acceptors (Lipinski definition) is 5. The fraction of sp³-hybridized carbons (Fsp3) is 0.192. The molecule has 0 bridgehead atoms. The van der Waals surface area contributed by atoms with Gasteiger partial charge in [0, 0.05) is 18.2 Å². The maximum absolute atomic E-state index is 12.4. The fourth-order valence-electron chi connectivity index (χ4n) is 3.23. The Morgan fingerprint density at radius 1 is 1.12 bits per heavy atom. The van der Waals surface area contributed by atoms with Crippen LogP contribution in [0.25, 0.3) is 17.4 Å². The zero-order valence-corrected chi connectivity index (χ0v) is 18.1. The molecule has 162 valence electrons. The lowest BCUT2D eigenvalue weighted by Crippen LogP contribution is -2.25. The number of carbonyl (C=O) groups excluding carboxylic acids is 2. The average molecular weight is 428 g/mol. The van der Waals surface area contributed by atoms with Crippen molar-refractivity contribution >= 4 is 18.0 Å². The normalized spacial score (nSPS) is 11.0. The van der Waals surface area contributed by atoms with Gasteiger partial charge in [0.05, 0.1) is 12.7 Å². The van der Waals surface area contributed by atoms with Gasteiger partial charge in [-0.25, -0.2) is 4.79 Å². The second-order valence-corrected chi connectivity index (χ2v) is 7.24. The molecule has 1 N–H and O–H groups in total. The van der Waals surface area contributed by atoms with Crippen LogP contribution in [-0.2, 0) is 16.0 Å². The molecule has 0 atom stereocenters. The number of benzene rings is 2. The number of amides is 1. The quantitative estimate of drug-likeness (QED) is 0.243. The summed E-state index contributed by atoms with van der Waals surface area (Å²) >= 11 is 0. The maximum Gasteiger partial charge on any atom is 0.337 e. The van der Waals surface area contributed by atoms with Gasteiger partial charge in [-0.05, 0) is 55.2 Å². The highest BCUT2D eigenvalue weighted by Crippen LogP contribution is 2.28. The number of rotatable bonds is 8. The highest BCUT2D eigenvalue weighted by Gasteiger charge is 2.14. The third kappa shape index (κ3) is 5.73. The molecule has 1 amide bonds. The van der Waals surface area contributed by atoms with Crippen LogP contribution in [-0.4, -0.2) is 25.5 Å². The van der Waals surface area contributed by atoms with Crippen molar-refractivity contribution in [3.8, 4) is 17.4 Å². The number of methoxy groups -OCH3 is 1. The third-order valence-corrected chi connectivity index (χ3v) is 4.97. The van der Waals surface area contributed by atoms with E-state index in [2.05, 4.69) is 5.32 Å². The molecule has 0 spiro atoms. The van der Waals surface area contributed by atoms with Crippen LogP contribution < -0.4 is 5.32 Å². The van der Waals surface area contributed by atoms with Gasteiger partial charge in [0.25, 0.3) is 5.91 Å². The highest BCUT2D eigenvalue weighted by atomic mass is 16.5. The molecular weight excluding hydrogens is 404 g/mol. The first kappa shape index (κ1) is 22.6.